The molecule has 1 saturated heterocycles. The number of piperidine rings is 1. The third-order valence-electron chi connectivity index (χ3n) is 4.26. The Labute approximate surface area is 126 Å². The Morgan fingerprint density at radius 2 is 2.15 bits per heavy atom. The first-order chi connectivity index (χ1) is 9.55. The molecule has 0 unspecified atom stereocenters. The zero-order valence-corrected chi connectivity index (χ0v) is 13.6. The van der Waals surface area contributed by atoms with E-state index in [0.717, 1.165) is 49.8 Å². The van der Waals surface area contributed by atoms with Gasteiger partial charge in [-0.1, -0.05) is 13.0 Å². The fourth-order valence-corrected chi connectivity index (χ4v) is 3.67. The molecule has 0 spiro atoms. The molecule has 0 aliphatic carbocycles. The molecular formula is C16H26N2OS. The van der Waals surface area contributed by atoms with Crippen LogP contribution in [0.15, 0.2) is 17.5 Å². The summed E-state index contributed by atoms with van der Waals surface area (Å²) in [5, 5.41) is 5.46. The fraction of sp³-hybridized carbons (Fsp3) is 0.688. The average molecular weight is 294 g/mol. The highest BCUT2D eigenvalue weighted by Gasteiger charge is 2.36. The number of carbonyl (C=O) groups is 1. The van der Waals surface area contributed by atoms with E-state index in [1.54, 1.807) is 11.3 Å². The van der Waals surface area contributed by atoms with Gasteiger partial charge in [0, 0.05) is 18.0 Å². The SMILES string of the molecule is CCNCC1CCN(C(=O)C(C)(C)c2cccs2)CC1. The Morgan fingerprint density at radius 3 is 2.70 bits per heavy atom. The van der Waals surface area contributed by atoms with E-state index in [1.807, 2.05) is 25.3 Å². The van der Waals surface area contributed by atoms with Crippen molar-refractivity contribution in [1.82, 2.24) is 10.2 Å². The summed E-state index contributed by atoms with van der Waals surface area (Å²) in [6.45, 7) is 10.2. The van der Waals surface area contributed by atoms with Crippen LogP contribution in [0, 0.1) is 5.92 Å². The molecule has 20 heavy (non-hydrogen) atoms. The Kier molecular flexibility index (Phi) is 5.22. The van der Waals surface area contributed by atoms with E-state index in [1.165, 1.54) is 0 Å². The molecule has 1 amide bonds. The first-order valence-electron chi connectivity index (χ1n) is 7.59. The average Bonchev–Trinajstić information content (AvgIpc) is 3.00. The first-order valence-corrected chi connectivity index (χ1v) is 8.47. The third kappa shape index (κ3) is 3.41. The van der Waals surface area contributed by atoms with Crippen molar-refractivity contribution in [3.05, 3.63) is 22.4 Å². The van der Waals surface area contributed by atoms with E-state index >= 15 is 0 Å². The summed E-state index contributed by atoms with van der Waals surface area (Å²) in [6.07, 6.45) is 2.25. The molecule has 4 heteroatoms. The van der Waals surface area contributed by atoms with Gasteiger partial charge in [-0.25, -0.2) is 0 Å². The van der Waals surface area contributed by atoms with Gasteiger partial charge in [0.15, 0.2) is 0 Å². The van der Waals surface area contributed by atoms with Crippen LogP contribution in [-0.2, 0) is 10.2 Å². The molecule has 0 bridgehead atoms. The number of hydrogen-bond donors (Lipinski definition) is 1. The number of likely N-dealkylation sites (tertiary alicyclic amines) is 1. The Balaban J connectivity index is 1.92. The molecule has 0 atom stereocenters. The van der Waals surface area contributed by atoms with E-state index in [4.69, 9.17) is 0 Å². The first kappa shape index (κ1) is 15.5. The normalized spacial score (nSPS) is 17.4. The number of amides is 1. The summed E-state index contributed by atoms with van der Waals surface area (Å²) in [6, 6.07) is 4.10. The number of carbonyl (C=O) groups excluding carboxylic acids is 1. The zero-order valence-electron chi connectivity index (χ0n) is 12.8. The highest BCUT2D eigenvalue weighted by Crippen LogP contribution is 2.31. The van der Waals surface area contributed by atoms with Crippen molar-refractivity contribution >= 4 is 17.2 Å². The van der Waals surface area contributed by atoms with E-state index < -0.39 is 0 Å². The minimum absolute atomic E-state index is 0.279. The van der Waals surface area contributed by atoms with E-state index in [2.05, 4.69) is 23.2 Å². The highest BCUT2D eigenvalue weighted by atomic mass is 32.1. The second kappa shape index (κ2) is 6.72. The minimum atomic E-state index is -0.386. The van der Waals surface area contributed by atoms with Crippen molar-refractivity contribution in [2.45, 2.75) is 39.0 Å². The van der Waals surface area contributed by atoms with Gasteiger partial charge in [0.25, 0.3) is 0 Å². The molecule has 1 aromatic heterocycles. The fourth-order valence-electron chi connectivity index (χ4n) is 2.82. The van der Waals surface area contributed by atoms with Gasteiger partial charge in [-0.3, -0.25) is 4.79 Å². The molecule has 0 radical (unpaired) electrons. The van der Waals surface area contributed by atoms with Crippen LogP contribution < -0.4 is 5.32 Å². The highest BCUT2D eigenvalue weighted by molar-refractivity contribution is 7.10. The van der Waals surface area contributed by atoms with Gasteiger partial charge < -0.3 is 10.2 Å². The van der Waals surface area contributed by atoms with Crippen molar-refractivity contribution in [2.24, 2.45) is 5.92 Å². The van der Waals surface area contributed by atoms with Crippen LogP contribution in [0.2, 0.25) is 0 Å². The molecule has 2 heterocycles. The van der Waals surface area contributed by atoms with Crippen molar-refractivity contribution in [3.63, 3.8) is 0 Å². The standard InChI is InChI=1S/C16H26N2OS/c1-4-17-12-13-7-9-18(10-8-13)15(19)16(2,3)14-6-5-11-20-14/h5-6,11,13,17H,4,7-10,12H2,1-3H3. The lowest BCUT2D eigenvalue weighted by Gasteiger charge is -2.36. The predicted molar refractivity (Wildman–Crippen MR) is 85.2 cm³/mol. The summed E-state index contributed by atoms with van der Waals surface area (Å²) in [5.74, 6) is 1.01. The Morgan fingerprint density at radius 1 is 1.45 bits per heavy atom. The lowest BCUT2D eigenvalue weighted by Crippen LogP contribution is -2.47. The largest absolute Gasteiger partial charge is 0.342 e. The lowest BCUT2D eigenvalue weighted by atomic mass is 9.87. The van der Waals surface area contributed by atoms with Crippen LogP contribution in [0.5, 0.6) is 0 Å². The van der Waals surface area contributed by atoms with Crippen molar-refractivity contribution in [3.8, 4) is 0 Å². The predicted octanol–water partition coefficient (Wildman–Crippen LogP) is 2.87. The number of nitrogens with one attached hydrogen (secondary N) is 1. The lowest BCUT2D eigenvalue weighted by molar-refractivity contribution is -0.137. The second-order valence-corrected chi connectivity index (χ2v) is 7.09. The quantitative estimate of drug-likeness (QED) is 0.905. The summed E-state index contributed by atoms with van der Waals surface area (Å²) in [7, 11) is 0. The van der Waals surface area contributed by atoms with Crippen molar-refractivity contribution in [1.29, 1.82) is 0 Å². The van der Waals surface area contributed by atoms with Gasteiger partial charge >= 0.3 is 0 Å². The molecule has 0 saturated carbocycles. The van der Waals surface area contributed by atoms with Crippen LogP contribution in [0.25, 0.3) is 0 Å². The zero-order chi connectivity index (χ0) is 14.6. The van der Waals surface area contributed by atoms with Gasteiger partial charge in [0.05, 0.1) is 5.41 Å². The molecule has 1 fully saturated rings. The van der Waals surface area contributed by atoms with Gasteiger partial charge in [-0.2, -0.15) is 0 Å². The Bertz CT molecular complexity index is 420. The maximum Gasteiger partial charge on any atom is 0.233 e. The molecular weight excluding hydrogens is 268 g/mol. The van der Waals surface area contributed by atoms with Crippen LogP contribution in [0.4, 0.5) is 0 Å². The molecule has 1 aromatic rings. The topological polar surface area (TPSA) is 32.3 Å². The van der Waals surface area contributed by atoms with E-state index in [9.17, 15) is 4.79 Å². The van der Waals surface area contributed by atoms with Gasteiger partial charge in [-0.05, 0) is 57.1 Å². The Hall–Kier alpha value is -0.870. The second-order valence-electron chi connectivity index (χ2n) is 6.15. The number of rotatable bonds is 5. The minimum Gasteiger partial charge on any atom is -0.342 e. The number of hydrogen-bond acceptors (Lipinski definition) is 3. The smallest absolute Gasteiger partial charge is 0.233 e. The van der Waals surface area contributed by atoms with Crippen molar-refractivity contribution < 1.29 is 4.79 Å². The molecule has 1 N–H and O–H groups in total. The summed E-state index contributed by atoms with van der Waals surface area (Å²) >= 11 is 1.68. The summed E-state index contributed by atoms with van der Waals surface area (Å²) in [5.41, 5.74) is -0.386. The van der Waals surface area contributed by atoms with Crippen LogP contribution >= 0.6 is 11.3 Å². The molecule has 0 aromatic carbocycles. The van der Waals surface area contributed by atoms with Gasteiger partial charge in [-0.15, -0.1) is 11.3 Å². The number of nitrogens with zero attached hydrogens (tertiary/aromatic N) is 1. The van der Waals surface area contributed by atoms with Crippen molar-refractivity contribution in [2.75, 3.05) is 26.2 Å². The number of thiophene rings is 1. The van der Waals surface area contributed by atoms with Crippen LogP contribution in [-0.4, -0.2) is 37.0 Å². The molecule has 1 aliphatic rings. The molecule has 2 rings (SSSR count). The molecule has 1 aliphatic heterocycles. The maximum absolute atomic E-state index is 12.8. The van der Waals surface area contributed by atoms with E-state index in [-0.39, 0.29) is 11.3 Å². The van der Waals surface area contributed by atoms with Gasteiger partial charge in [0.1, 0.15) is 0 Å². The summed E-state index contributed by atoms with van der Waals surface area (Å²) in [4.78, 5) is 16.0. The maximum atomic E-state index is 12.8. The molecule has 112 valence electrons. The summed E-state index contributed by atoms with van der Waals surface area (Å²) < 4.78 is 0. The third-order valence-corrected chi connectivity index (χ3v) is 5.45. The van der Waals surface area contributed by atoms with Gasteiger partial charge in [0.2, 0.25) is 5.91 Å². The monoisotopic (exact) mass is 294 g/mol. The molecule has 3 nitrogen and oxygen atoms in total. The van der Waals surface area contributed by atoms with Crippen LogP contribution in [0.3, 0.4) is 0 Å². The van der Waals surface area contributed by atoms with E-state index in [0.29, 0.717) is 0 Å². The van der Waals surface area contributed by atoms with Crippen LogP contribution in [0.1, 0.15) is 38.5 Å².